The average molecular weight is 223 g/mol. The van der Waals surface area contributed by atoms with Crippen LogP contribution in [-0.2, 0) is 0 Å². The van der Waals surface area contributed by atoms with Gasteiger partial charge < -0.3 is 5.11 Å². The third-order valence-corrected chi connectivity index (χ3v) is 2.42. The van der Waals surface area contributed by atoms with Crippen molar-refractivity contribution in [1.29, 1.82) is 0 Å². The van der Waals surface area contributed by atoms with E-state index >= 15 is 0 Å². The van der Waals surface area contributed by atoms with E-state index in [9.17, 15) is 5.11 Å². The number of unbranched alkanes of at least 4 members (excludes halogenated alkanes) is 3. The highest BCUT2D eigenvalue weighted by Crippen LogP contribution is 2.13. The van der Waals surface area contributed by atoms with Gasteiger partial charge in [0.1, 0.15) is 0 Å². The normalized spacial score (nSPS) is 16.1. The summed E-state index contributed by atoms with van der Waals surface area (Å²) in [6.45, 7) is 1.96. The molecule has 0 aliphatic heterocycles. The van der Waals surface area contributed by atoms with Gasteiger partial charge in [0.25, 0.3) is 0 Å². The monoisotopic (exact) mass is 223 g/mol. The molecule has 0 aliphatic rings. The summed E-state index contributed by atoms with van der Waals surface area (Å²) in [7, 11) is 0. The van der Waals surface area contributed by atoms with Crippen molar-refractivity contribution in [2.75, 3.05) is 6.61 Å². The van der Waals surface area contributed by atoms with Crippen LogP contribution in [0.15, 0.2) is 35.8 Å². The van der Waals surface area contributed by atoms with Crippen LogP contribution < -0.4 is 0 Å². The second kappa shape index (κ2) is 8.12. The minimum atomic E-state index is -0.393. The lowest BCUT2D eigenvalue weighted by molar-refractivity contribution is 0.326. The third-order valence-electron chi connectivity index (χ3n) is 2.42. The van der Waals surface area contributed by atoms with Crippen LogP contribution in [-0.4, -0.2) is 11.7 Å². The second-order valence-electron chi connectivity index (χ2n) is 3.81. The fourth-order valence-electron chi connectivity index (χ4n) is 1.51. The summed E-state index contributed by atoms with van der Waals surface area (Å²) in [4.78, 5) is 0. The van der Waals surface area contributed by atoms with Crippen LogP contribution in [0.5, 0.6) is 0 Å². The number of hydrogen-bond donors (Lipinski definition) is 1. The lowest BCUT2D eigenvalue weighted by Crippen LogP contribution is -1.91. The van der Waals surface area contributed by atoms with E-state index in [0.717, 1.165) is 25.7 Å². The molecule has 0 heterocycles. The molecule has 0 bridgehead atoms. The molecule has 0 aliphatic carbocycles. The Hall–Kier alpha value is -1.08. The summed E-state index contributed by atoms with van der Waals surface area (Å²) in [5, 5.41) is 9.40. The molecule has 0 aromatic heterocycles. The summed E-state index contributed by atoms with van der Waals surface area (Å²) >= 11 is 0. The minimum Gasteiger partial charge on any atom is -0.392 e. The van der Waals surface area contributed by atoms with E-state index in [1.807, 2.05) is 0 Å². The topological polar surface area (TPSA) is 20.2 Å². The van der Waals surface area contributed by atoms with Gasteiger partial charge in [-0.25, -0.2) is 0 Å². The molecule has 16 heavy (non-hydrogen) atoms. The SMILES string of the molecule is [2H]c1c([2H])c([2H])c(/C=C(/CO)CCCCCC)c([2H])c1[2H]. The Morgan fingerprint density at radius 2 is 2.00 bits per heavy atom. The van der Waals surface area contributed by atoms with Crippen molar-refractivity contribution in [1.82, 2.24) is 0 Å². The van der Waals surface area contributed by atoms with Crippen LogP contribution in [0.2, 0.25) is 0 Å². The van der Waals surface area contributed by atoms with E-state index in [2.05, 4.69) is 6.92 Å². The predicted molar refractivity (Wildman–Crippen MR) is 70.3 cm³/mol. The molecule has 0 fully saturated rings. The summed E-state index contributed by atoms with van der Waals surface area (Å²) in [6.07, 6.45) is 6.46. The molecule has 1 aromatic rings. The lowest BCUT2D eigenvalue weighted by Gasteiger charge is -2.04. The summed E-state index contributed by atoms with van der Waals surface area (Å²) < 4.78 is 38.5. The number of rotatable bonds is 7. The van der Waals surface area contributed by atoms with Crippen LogP contribution >= 0.6 is 0 Å². The Morgan fingerprint density at radius 1 is 1.25 bits per heavy atom. The predicted octanol–water partition coefficient (Wildman–Crippen LogP) is 4.03. The largest absolute Gasteiger partial charge is 0.392 e. The fraction of sp³-hybridized carbons (Fsp3) is 0.467. The van der Waals surface area contributed by atoms with Crippen molar-refractivity contribution in [2.45, 2.75) is 39.0 Å². The first-order valence-electron chi connectivity index (χ1n) is 8.31. The molecule has 1 aromatic carbocycles. The molecule has 1 heteroatoms. The molecule has 0 saturated carbocycles. The van der Waals surface area contributed by atoms with Gasteiger partial charge in [0, 0.05) is 0 Å². The van der Waals surface area contributed by atoms with Gasteiger partial charge in [0.2, 0.25) is 0 Å². The molecule has 0 unspecified atom stereocenters. The zero-order valence-corrected chi connectivity index (χ0v) is 9.77. The molecule has 0 radical (unpaired) electrons. The van der Waals surface area contributed by atoms with Gasteiger partial charge in [-0.05, 0) is 24.0 Å². The molecule has 1 nitrogen and oxygen atoms in total. The minimum absolute atomic E-state index is 0.153. The van der Waals surface area contributed by atoms with Crippen molar-refractivity contribution < 1.29 is 12.0 Å². The number of benzene rings is 1. The Balaban J connectivity index is 3.06. The van der Waals surface area contributed by atoms with Gasteiger partial charge in [0.15, 0.2) is 0 Å². The number of aliphatic hydroxyl groups excluding tert-OH is 1. The average Bonchev–Trinajstić information content (AvgIpc) is 2.49. The maximum Gasteiger partial charge on any atom is 0.0645 e. The molecule has 0 saturated heterocycles. The highest BCUT2D eigenvalue weighted by Gasteiger charge is 1.96. The second-order valence-corrected chi connectivity index (χ2v) is 3.81. The molecule has 88 valence electrons. The first kappa shape index (κ1) is 7.29. The van der Waals surface area contributed by atoms with E-state index < -0.39 is 6.04 Å². The molecule has 1 rings (SSSR count). The van der Waals surface area contributed by atoms with Crippen LogP contribution in [0.1, 0.15) is 51.4 Å². The van der Waals surface area contributed by atoms with E-state index in [4.69, 9.17) is 6.85 Å². The molecular weight excluding hydrogens is 196 g/mol. The molecule has 1 N–H and O–H groups in total. The van der Waals surface area contributed by atoms with Gasteiger partial charge in [-0.1, -0.05) is 62.5 Å². The smallest absolute Gasteiger partial charge is 0.0645 e. The van der Waals surface area contributed by atoms with Crippen molar-refractivity contribution in [3.8, 4) is 0 Å². The van der Waals surface area contributed by atoms with Gasteiger partial charge in [-0.15, -0.1) is 0 Å². The molecule has 0 amide bonds. The Bertz CT molecular complexity index is 496. The molecule has 0 atom stereocenters. The maximum atomic E-state index is 9.40. The highest BCUT2D eigenvalue weighted by atomic mass is 16.3. The summed E-state index contributed by atoms with van der Waals surface area (Å²) in [5.41, 5.74) is 0.852. The zero-order chi connectivity index (χ0) is 16.0. The van der Waals surface area contributed by atoms with E-state index in [-0.39, 0.29) is 36.3 Å². The third kappa shape index (κ3) is 5.13. The van der Waals surface area contributed by atoms with Crippen LogP contribution in [0.3, 0.4) is 0 Å². The van der Waals surface area contributed by atoms with Crippen LogP contribution in [0, 0.1) is 0 Å². The Kier molecular flexibility index (Phi) is 3.70. The van der Waals surface area contributed by atoms with E-state index in [1.165, 1.54) is 6.08 Å². The van der Waals surface area contributed by atoms with Crippen molar-refractivity contribution >= 4 is 6.08 Å². The summed E-state index contributed by atoms with van der Waals surface area (Å²) in [6, 6.07) is -1.52. The van der Waals surface area contributed by atoms with E-state index in [1.54, 1.807) is 0 Å². The number of hydrogen-bond acceptors (Lipinski definition) is 1. The highest BCUT2D eigenvalue weighted by molar-refractivity contribution is 5.52. The van der Waals surface area contributed by atoms with Crippen molar-refractivity contribution in [3.63, 3.8) is 0 Å². The van der Waals surface area contributed by atoms with Gasteiger partial charge in [0.05, 0.1) is 13.5 Å². The first-order valence-corrected chi connectivity index (χ1v) is 5.81. The lowest BCUT2D eigenvalue weighted by atomic mass is 10.0. The first-order chi connectivity index (χ1) is 9.93. The van der Waals surface area contributed by atoms with Crippen molar-refractivity contribution in [2.24, 2.45) is 0 Å². The van der Waals surface area contributed by atoms with Gasteiger partial charge in [-0.2, -0.15) is 0 Å². The quantitative estimate of drug-likeness (QED) is 0.692. The Morgan fingerprint density at radius 3 is 2.62 bits per heavy atom. The summed E-state index contributed by atoms with van der Waals surface area (Å²) in [5.74, 6) is 0. The molecule has 0 spiro atoms. The maximum absolute atomic E-state index is 9.40. The standard InChI is InChI=1S/C15H22O/c1-2-3-4-6-11-15(13-16)12-14-9-7-5-8-10-14/h5,7-10,12,16H,2-4,6,11,13H2,1H3/b15-12+/i5D,7D,8D,9D,10D. The fourth-order valence-corrected chi connectivity index (χ4v) is 1.51. The van der Waals surface area contributed by atoms with Gasteiger partial charge in [-0.3, -0.25) is 0 Å². The zero-order valence-electron chi connectivity index (χ0n) is 14.8. The number of aliphatic hydroxyl groups is 1. The van der Waals surface area contributed by atoms with Crippen LogP contribution in [0.4, 0.5) is 0 Å². The molecular formula is C15H22O. The van der Waals surface area contributed by atoms with Crippen molar-refractivity contribution in [3.05, 3.63) is 41.3 Å². The Labute approximate surface area is 106 Å². The van der Waals surface area contributed by atoms with Crippen LogP contribution in [0.25, 0.3) is 6.08 Å². The van der Waals surface area contributed by atoms with Gasteiger partial charge >= 0.3 is 0 Å². The van der Waals surface area contributed by atoms with E-state index in [0.29, 0.717) is 12.0 Å².